The maximum Gasteiger partial charge on any atom is 0.147 e. The lowest BCUT2D eigenvalue weighted by atomic mass is 9.88. The summed E-state index contributed by atoms with van der Waals surface area (Å²) in [5, 5.41) is 4.41. The third-order valence-corrected chi connectivity index (χ3v) is 4.54. The van der Waals surface area contributed by atoms with E-state index < -0.39 is 0 Å². The quantitative estimate of drug-likeness (QED) is 0.891. The van der Waals surface area contributed by atoms with Crippen LogP contribution in [0.3, 0.4) is 0 Å². The highest BCUT2D eigenvalue weighted by Crippen LogP contribution is 2.30. The zero-order valence-electron chi connectivity index (χ0n) is 10.6. The Morgan fingerprint density at radius 1 is 1.28 bits per heavy atom. The maximum absolute atomic E-state index is 6.20. The van der Waals surface area contributed by atoms with Crippen LogP contribution in [0, 0.1) is 5.92 Å². The number of anilines is 1. The molecule has 98 valence electrons. The zero-order valence-corrected chi connectivity index (χ0v) is 11.4. The summed E-state index contributed by atoms with van der Waals surface area (Å²) in [6.07, 6.45) is 7.03. The van der Waals surface area contributed by atoms with Gasteiger partial charge in [0.1, 0.15) is 5.82 Å². The van der Waals surface area contributed by atoms with Crippen LogP contribution >= 0.6 is 11.6 Å². The SMILES string of the molecule is Clc1cccnc1N1CCC(C2CCCN2)CC1. The molecule has 4 heteroatoms. The van der Waals surface area contributed by atoms with Gasteiger partial charge in [0.05, 0.1) is 5.02 Å². The molecule has 3 nitrogen and oxygen atoms in total. The fraction of sp³-hybridized carbons (Fsp3) is 0.643. The van der Waals surface area contributed by atoms with Crippen molar-refractivity contribution in [1.82, 2.24) is 10.3 Å². The lowest BCUT2D eigenvalue weighted by molar-refractivity contribution is 0.318. The van der Waals surface area contributed by atoms with Gasteiger partial charge in [0, 0.05) is 25.3 Å². The molecule has 0 aliphatic carbocycles. The van der Waals surface area contributed by atoms with E-state index in [1.165, 1.54) is 32.2 Å². The van der Waals surface area contributed by atoms with Gasteiger partial charge in [-0.2, -0.15) is 0 Å². The molecule has 1 aromatic heterocycles. The van der Waals surface area contributed by atoms with E-state index in [1.807, 2.05) is 18.3 Å². The fourth-order valence-corrected chi connectivity index (χ4v) is 3.48. The largest absolute Gasteiger partial charge is 0.355 e. The summed E-state index contributed by atoms with van der Waals surface area (Å²) in [5.41, 5.74) is 0. The first-order valence-electron chi connectivity index (χ1n) is 6.93. The zero-order chi connectivity index (χ0) is 12.4. The number of piperidine rings is 1. The van der Waals surface area contributed by atoms with Crippen LogP contribution in [0.25, 0.3) is 0 Å². The minimum atomic E-state index is 0.756. The molecule has 0 radical (unpaired) electrons. The number of nitrogens with one attached hydrogen (secondary N) is 1. The van der Waals surface area contributed by atoms with E-state index in [9.17, 15) is 0 Å². The highest BCUT2D eigenvalue weighted by atomic mass is 35.5. The highest BCUT2D eigenvalue weighted by molar-refractivity contribution is 6.32. The minimum absolute atomic E-state index is 0.756. The van der Waals surface area contributed by atoms with E-state index >= 15 is 0 Å². The van der Waals surface area contributed by atoms with E-state index in [4.69, 9.17) is 11.6 Å². The molecule has 3 rings (SSSR count). The third-order valence-electron chi connectivity index (χ3n) is 4.25. The van der Waals surface area contributed by atoms with Crippen molar-refractivity contribution in [3.63, 3.8) is 0 Å². The molecule has 3 heterocycles. The second-order valence-corrected chi connectivity index (χ2v) is 5.74. The van der Waals surface area contributed by atoms with E-state index in [0.717, 1.165) is 35.9 Å². The second-order valence-electron chi connectivity index (χ2n) is 5.34. The van der Waals surface area contributed by atoms with Crippen molar-refractivity contribution in [2.24, 2.45) is 5.92 Å². The maximum atomic E-state index is 6.20. The van der Waals surface area contributed by atoms with Crippen LogP contribution in [0.2, 0.25) is 5.02 Å². The van der Waals surface area contributed by atoms with Crippen molar-refractivity contribution in [1.29, 1.82) is 0 Å². The Morgan fingerprint density at radius 3 is 2.78 bits per heavy atom. The summed E-state index contributed by atoms with van der Waals surface area (Å²) < 4.78 is 0. The first-order valence-corrected chi connectivity index (χ1v) is 7.31. The van der Waals surface area contributed by atoms with E-state index in [2.05, 4.69) is 15.2 Å². The molecule has 0 spiro atoms. The first kappa shape index (κ1) is 12.2. The smallest absolute Gasteiger partial charge is 0.147 e. The molecule has 2 aliphatic rings. The number of pyridine rings is 1. The van der Waals surface area contributed by atoms with Crippen molar-refractivity contribution >= 4 is 17.4 Å². The normalized spacial score (nSPS) is 25.6. The minimum Gasteiger partial charge on any atom is -0.355 e. The van der Waals surface area contributed by atoms with Crippen LogP contribution in [0.1, 0.15) is 25.7 Å². The summed E-state index contributed by atoms with van der Waals surface area (Å²) in [6.45, 7) is 3.37. The number of nitrogens with zero attached hydrogens (tertiary/aromatic N) is 2. The van der Waals surface area contributed by atoms with Gasteiger partial charge in [0.25, 0.3) is 0 Å². The number of hydrogen-bond acceptors (Lipinski definition) is 3. The van der Waals surface area contributed by atoms with Crippen LogP contribution in [0.4, 0.5) is 5.82 Å². The van der Waals surface area contributed by atoms with Crippen LogP contribution in [-0.2, 0) is 0 Å². The predicted octanol–water partition coefficient (Wildman–Crippen LogP) is 2.70. The van der Waals surface area contributed by atoms with E-state index in [1.54, 1.807) is 0 Å². The average molecular weight is 266 g/mol. The molecule has 2 saturated heterocycles. The van der Waals surface area contributed by atoms with Gasteiger partial charge >= 0.3 is 0 Å². The van der Waals surface area contributed by atoms with Crippen LogP contribution in [-0.4, -0.2) is 30.7 Å². The molecular formula is C14H20ClN3. The topological polar surface area (TPSA) is 28.2 Å². The Labute approximate surface area is 114 Å². The summed E-state index contributed by atoms with van der Waals surface area (Å²) >= 11 is 6.20. The van der Waals surface area contributed by atoms with Crippen LogP contribution < -0.4 is 10.2 Å². The van der Waals surface area contributed by atoms with Crippen molar-refractivity contribution in [3.05, 3.63) is 23.4 Å². The number of rotatable bonds is 2. The third kappa shape index (κ3) is 2.47. The van der Waals surface area contributed by atoms with Gasteiger partial charge in [-0.25, -0.2) is 4.98 Å². The van der Waals surface area contributed by atoms with Gasteiger partial charge < -0.3 is 10.2 Å². The van der Waals surface area contributed by atoms with Gasteiger partial charge in [-0.1, -0.05) is 11.6 Å². The molecule has 1 atom stereocenters. The Morgan fingerprint density at radius 2 is 2.11 bits per heavy atom. The monoisotopic (exact) mass is 265 g/mol. The summed E-state index contributed by atoms with van der Waals surface area (Å²) in [6, 6.07) is 4.57. The first-order chi connectivity index (χ1) is 8.84. The van der Waals surface area contributed by atoms with E-state index in [-0.39, 0.29) is 0 Å². The average Bonchev–Trinajstić information content (AvgIpc) is 2.94. The highest BCUT2D eigenvalue weighted by Gasteiger charge is 2.29. The molecule has 0 saturated carbocycles. The molecular weight excluding hydrogens is 246 g/mol. The molecule has 2 fully saturated rings. The van der Waals surface area contributed by atoms with Crippen molar-refractivity contribution in [2.75, 3.05) is 24.5 Å². The molecule has 0 aromatic carbocycles. The lowest BCUT2D eigenvalue weighted by Crippen LogP contribution is -2.41. The summed E-state index contributed by atoms with van der Waals surface area (Å²) in [5.74, 6) is 1.79. The Bertz CT molecular complexity index is 396. The fourth-order valence-electron chi connectivity index (χ4n) is 3.24. The van der Waals surface area contributed by atoms with Crippen molar-refractivity contribution < 1.29 is 0 Å². The van der Waals surface area contributed by atoms with Gasteiger partial charge in [0.15, 0.2) is 0 Å². The number of hydrogen-bond donors (Lipinski definition) is 1. The summed E-state index contributed by atoms with van der Waals surface area (Å²) in [4.78, 5) is 6.73. The number of aromatic nitrogens is 1. The standard InChI is InChI=1S/C14H20ClN3/c15-12-3-1-8-17-14(12)18-9-5-11(6-10-18)13-4-2-7-16-13/h1,3,8,11,13,16H,2,4-7,9-10H2. The molecule has 0 amide bonds. The molecule has 1 unspecified atom stereocenters. The molecule has 1 N–H and O–H groups in total. The Kier molecular flexibility index (Phi) is 3.71. The lowest BCUT2D eigenvalue weighted by Gasteiger charge is -2.35. The molecule has 18 heavy (non-hydrogen) atoms. The van der Waals surface area contributed by atoms with Gasteiger partial charge in [0.2, 0.25) is 0 Å². The van der Waals surface area contributed by atoms with Gasteiger partial charge in [-0.3, -0.25) is 0 Å². The Hall–Kier alpha value is -0.800. The van der Waals surface area contributed by atoms with Crippen LogP contribution in [0.5, 0.6) is 0 Å². The summed E-state index contributed by atoms with van der Waals surface area (Å²) in [7, 11) is 0. The van der Waals surface area contributed by atoms with Crippen molar-refractivity contribution in [3.8, 4) is 0 Å². The van der Waals surface area contributed by atoms with Gasteiger partial charge in [-0.15, -0.1) is 0 Å². The Balaban J connectivity index is 1.61. The molecule has 2 aliphatic heterocycles. The predicted molar refractivity (Wildman–Crippen MR) is 75.2 cm³/mol. The number of halogens is 1. The van der Waals surface area contributed by atoms with E-state index in [0.29, 0.717) is 0 Å². The molecule has 1 aromatic rings. The molecule has 0 bridgehead atoms. The van der Waals surface area contributed by atoms with Gasteiger partial charge in [-0.05, 0) is 50.3 Å². The second kappa shape index (κ2) is 5.45. The van der Waals surface area contributed by atoms with Crippen LogP contribution in [0.15, 0.2) is 18.3 Å². The van der Waals surface area contributed by atoms with Crippen molar-refractivity contribution in [2.45, 2.75) is 31.7 Å².